The van der Waals surface area contributed by atoms with E-state index in [4.69, 9.17) is 14.2 Å². The van der Waals surface area contributed by atoms with E-state index in [1.54, 1.807) is 18.2 Å². The lowest BCUT2D eigenvalue weighted by molar-refractivity contribution is 0.0235. The van der Waals surface area contributed by atoms with Crippen LogP contribution in [-0.4, -0.2) is 52.8 Å². The third kappa shape index (κ3) is 5.75. The molecule has 1 fully saturated rings. The monoisotopic (exact) mass is 414 g/mol. The van der Waals surface area contributed by atoms with Gasteiger partial charge in [0.2, 0.25) is 5.88 Å². The summed E-state index contributed by atoms with van der Waals surface area (Å²) in [6, 6.07) is 7.33. The highest BCUT2D eigenvalue weighted by Gasteiger charge is 2.32. The van der Waals surface area contributed by atoms with Gasteiger partial charge in [0.25, 0.3) is 0 Å². The van der Waals surface area contributed by atoms with Crippen molar-refractivity contribution in [3.05, 3.63) is 36.3 Å². The van der Waals surface area contributed by atoms with E-state index < -0.39 is 5.60 Å². The lowest BCUT2D eigenvalue weighted by atomic mass is 10.2. The number of ether oxygens (including phenoxy) is 3. The van der Waals surface area contributed by atoms with Crippen LogP contribution in [0.2, 0.25) is 0 Å². The molecule has 1 N–H and O–H groups in total. The van der Waals surface area contributed by atoms with Crippen LogP contribution in [0.4, 0.5) is 10.5 Å². The molecule has 1 aliphatic heterocycles. The second-order valence-electron chi connectivity index (χ2n) is 8.26. The summed E-state index contributed by atoms with van der Waals surface area (Å²) in [6.45, 7) is 8.69. The zero-order valence-corrected chi connectivity index (χ0v) is 18.3. The van der Waals surface area contributed by atoms with Gasteiger partial charge < -0.3 is 24.4 Å². The first-order valence-corrected chi connectivity index (χ1v) is 10.1. The molecule has 2 aromatic rings. The molecular formula is C22H30N4O4. The van der Waals surface area contributed by atoms with Crippen molar-refractivity contribution in [1.29, 1.82) is 0 Å². The van der Waals surface area contributed by atoms with Crippen LogP contribution in [0.5, 0.6) is 17.4 Å². The van der Waals surface area contributed by atoms with Crippen molar-refractivity contribution in [3.63, 3.8) is 0 Å². The van der Waals surface area contributed by atoms with Crippen molar-refractivity contribution >= 4 is 11.8 Å². The number of rotatable bonds is 6. The predicted octanol–water partition coefficient (Wildman–Crippen LogP) is 4.40. The topological polar surface area (TPSA) is 85.8 Å². The number of likely N-dealkylation sites (tertiary alicyclic amines) is 1. The molecule has 8 nitrogen and oxygen atoms in total. The summed E-state index contributed by atoms with van der Waals surface area (Å²) in [6.07, 6.45) is 3.29. The Kier molecular flexibility index (Phi) is 6.64. The van der Waals surface area contributed by atoms with Gasteiger partial charge >= 0.3 is 6.09 Å². The van der Waals surface area contributed by atoms with Crippen LogP contribution >= 0.6 is 0 Å². The molecule has 3 rings (SSSR count). The van der Waals surface area contributed by atoms with E-state index >= 15 is 0 Å². The van der Waals surface area contributed by atoms with Gasteiger partial charge in [-0.2, -0.15) is 4.98 Å². The first kappa shape index (κ1) is 21.7. The first-order valence-electron chi connectivity index (χ1n) is 10.1. The van der Waals surface area contributed by atoms with E-state index in [1.807, 2.05) is 52.0 Å². The molecule has 0 bridgehead atoms. The first-order chi connectivity index (χ1) is 14.2. The fraction of sp³-hybridized carbons (Fsp3) is 0.500. The number of hydrogen-bond acceptors (Lipinski definition) is 7. The highest BCUT2D eigenvalue weighted by atomic mass is 16.6. The number of hydrogen-bond donors (Lipinski definition) is 1. The van der Waals surface area contributed by atoms with Gasteiger partial charge in [-0.1, -0.05) is 0 Å². The van der Waals surface area contributed by atoms with Crippen molar-refractivity contribution < 1.29 is 19.0 Å². The van der Waals surface area contributed by atoms with Crippen molar-refractivity contribution in [1.82, 2.24) is 14.9 Å². The summed E-state index contributed by atoms with van der Waals surface area (Å²) < 4.78 is 16.7. The molecule has 30 heavy (non-hydrogen) atoms. The molecular weight excluding hydrogens is 384 g/mol. The molecule has 8 heteroatoms. The molecule has 2 heterocycles. The molecule has 1 aliphatic rings. The SMILES string of the molecule is COc1ccc(Oc2nc(C)ncc2NC[C@@H]2CCCN2C(=O)OC(C)(C)C)cc1. The fourth-order valence-corrected chi connectivity index (χ4v) is 3.24. The summed E-state index contributed by atoms with van der Waals surface area (Å²) in [5.41, 5.74) is 0.161. The number of anilines is 1. The summed E-state index contributed by atoms with van der Waals surface area (Å²) in [5.74, 6) is 2.45. The number of amides is 1. The molecule has 0 saturated carbocycles. The lowest BCUT2D eigenvalue weighted by Crippen LogP contribution is -2.42. The Bertz CT molecular complexity index is 864. The third-order valence-electron chi connectivity index (χ3n) is 4.68. The van der Waals surface area contributed by atoms with Crippen LogP contribution in [0.3, 0.4) is 0 Å². The van der Waals surface area contributed by atoms with E-state index in [0.29, 0.717) is 36.2 Å². The number of carbonyl (C=O) groups excluding carboxylic acids is 1. The number of aryl methyl sites for hydroxylation is 1. The van der Waals surface area contributed by atoms with Crippen molar-refractivity contribution in [3.8, 4) is 17.4 Å². The smallest absolute Gasteiger partial charge is 0.410 e. The molecule has 0 spiro atoms. The van der Waals surface area contributed by atoms with E-state index in [2.05, 4.69) is 15.3 Å². The number of methoxy groups -OCH3 is 1. The molecule has 162 valence electrons. The van der Waals surface area contributed by atoms with E-state index in [0.717, 1.165) is 18.6 Å². The lowest BCUT2D eigenvalue weighted by Gasteiger charge is -2.29. The normalized spacial score (nSPS) is 16.3. The standard InChI is InChI=1S/C22H30N4O4/c1-15-23-14-19(20(25-15)29-18-10-8-17(28-5)9-11-18)24-13-16-7-6-12-26(16)21(27)30-22(2,3)4/h8-11,14,16,24H,6-7,12-13H2,1-5H3/t16-/m0/s1. The highest BCUT2D eigenvalue weighted by molar-refractivity contribution is 5.69. The van der Waals surface area contributed by atoms with Gasteiger partial charge in [-0.05, 0) is 64.8 Å². The third-order valence-corrected chi connectivity index (χ3v) is 4.68. The van der Waals surface area contributed by atoms with E-state index in [9.17, 15) is 4.79 Å². The van der Waals surface area contributed by atoms with Gasteiger partial charge in [0.15, 0.2) is 0 Å². The van der Waals surface area contributed by atoms with Crippen LogP contribution < -0.4 is 14.8 Å². The summed E-state index contributed by atoms with van der Waals surface area (Å²) >= 11 is 0. The molecule has 0 radical (unpaired) electrons. The number of nitrogens with one attached hydrogen (secondary N) is 1. The average Bonchev–Trinajstić information content (AvgIpc) is 3.15. The summed E-state index contributed by atoms with van der Waals surface area (Å²) in [7, 11) is 1.62. The predicted molar refractivity (Wildman–Crippen MR) is 114 cm³/mol. The van der Waals surface area contributed by atoms with Crippen LogP contribution in [0, 0.1) is 6.92 Å². The second-order valence-corrected chi connectivity index (χ2v) is 8.26. The highest BCUT2D eigenvalue weighted by Crippen LogP contribution is 2.29. The molecule has 0 unspecified atom stereocenters. The Labute approximate surface area is 177 Å². The van der Waals surface area contributed by atoms with Gasteiger partial charge in [-0.15, -0.1) is 0 Å². The van der Waals surface area contributed by atoms with E-state index in [-0.39, 0.29) is 12.1 Å². The largest absolute Gasteiger partial charge is 0.497 e. The summed E-state index contributed by atoms with van der Waals surface area (Å²) in [4.78, 5) is 23.0. The maximum absolute atomic E-state index is 12.5. The van der Waals surface area contributed by atoms with Gasteiger partial charge in [-0.25, -0.2) is 9.78 Å². The van der Waals surface area contributed by atoms with Gasteiger partial charge in [-0.3, -0.25) is 0 Å². The Hall–Kier alpha value is -3.03. The minimum Gasteiger partial charge on any atom is -0.497 e. The van der Waals surface area contributed by atoms with Gasteiger partial charge in [0.1, 0.15) is 28.6 Å². The number of benzene rings is 1. The zero-order chi connectivity index (χ0) is 21.7. The maximum atomic E-state index is 12.5. The Balaban J connectivity index is 1.68. The average molecular weight is 415 g/mol. The second kappa shape index (κ2) is 9.19. The van der Waals surface area contributed by atoms with Crippen molar-refractivity contribution in [2.24, 2.45) is 0 Å². The Morgan fingerprint density at radius 1 is 1.23 bits per heavy atom. The minimum absolute atomic E-state index is 0.0370. The van der Waals surface area contributed by atoms with E-state index in [1.165, 1.54) is 0 Å². The Morgan fingerprint density at radius 3 is 2.60 bits per heavy atom. The van der Waals surface area contributed by atoms with Gasteiger partial charge in [0, 0.05) is 13.1 Å². The fourth-order valence-electron chi connectivity index (χ4n) is 3.24. The minimum atomic E-state index is -0.512. The van der Waals surface area contributed by atoms with Crippen LogP contribution in [0.15, 0.2) is 30.5 Å². The van der Waals surface area contributed by atoms with Crippen LogP contribution in [0.25, 0.3) is 0 Å². The Morgan fingerprint density at radius 2 is 1.93 bits per heavy atom. The van der Waals surface area contributed by atoms with Crippen LogP contribution in [0.1, 0.15) is 39.4 Å². The number of aromatic nitrogens is 2. The number of carbonyl (C=O) groups is 1. The number of nitrogens with zero attached hydrogens (tertiary/aromatic N) is 3. The van der Waals surface area contributed by atoms with Gasteiger partial charge in [0.05, 0.1) is 19.3 Å². The maximum Gasteiger partial charge on any atom is 0.410 e. The molecule has 1 atom stereocenters. The molecule has 1 amide bonds. The quantitative estimate of drug-likeness (QED) is 0.750. The molecule has 1 saturated heterocycles. The zero-order valence-electron chi connectivity index (χ0n) is 18.3. The molecule has 0 aliphatic carbocycles. The van der Waals surface area contributed by atoms with Crippen molar-refractivity contribution in [2.75, 3.05) is 25.5 Å². The summed E-state index contributed by atoms with van der Waals surface area (Å²) in [5, 5.41) is 3.35. The molecule has 1 aromatic heterocycles. The van der Waals surface area contributed by atoms with Crippen molar-refractivity contribution in [2.45, 2.75) is 52.2 Å². The van der Waals surface area contributed by atoms with Crippen LogP contribution in [-0.2, 0) is 4.74 Å². The molecule has 1 aromatic carbocycles.